The van der Waals surface area contributed by atoms with Crippen LogP contribution < -0.4 is 5.32 Å². The van der Waals surface area contributed by atoms with E-state index in [0.717, 1.165) is 0 Å². The second kappa shape index (κ2) is 5.21. The van der Waals surface area contributed by atoms with Crippen LogP contribution in [0.1, 0.15) is 24.8 Å². The first-order valence-electron chi connectivity index (χ1n) is 5.93. The molecule has 104 valence electrons. The smallest absolute Gasteiger partial charge is 0.223 e. The van der Waals surface area contributed by atoms with Gasteiger partial charge < -0.3 is 10.1 Å². The average molecular weight is 273 g/mol. The lowest BCUT2D eigenvalue weighted by Crippen LogP contribution is -2.36. The fourth-order valence-electron chi connectivity index (χ4n) is 2.09. The second-order valence-electron chi connectivity index (χ2n) is 4.62. The lowest BCUT2D eigenvalue weighted by atomic mass is 10.0. The van der Waals surface area contributed by atoms with Gasteiger partial charge in [0.2, 0.25) is 5.91 Å². The second-order valence-corrected chi connectivity index (χ2v) is 4.62. The third kappa shape index (κ3) is 2.89. The molecule has 1 saturated carbocycles. The van der Waals surface area contributed by atoms with E-state index in [2.05, 4.69) is 5.32 Å². The Bertz CT molecular complexity index is 478. The van der Waals surface area contributed by atoms with Gasteiger partial charge in [-0.1, -0.05) is 0 Å². The van der Waals surface area contributed by atoms with Crippen LogP contribution in [-0.4, -0.2) is 19.6 Å². The fourth-order valence-corrected chi connectivity index (χ4v) is 2.09. The molecule has 3 nitrogen and oxygen atoms in total. The Morgan fingerprint density at radius 3 is 2.37 bits per heavy atom. The maximum Gasteiger partial charge on any atom is 0.223 e. The van der Waals surface area contributed by atoms with Crippen LogP contribution in [0.2, 0.25) is 0 Å². The standard InChI is InChI=1S/C13H14F3NO2/c1-19-5-2-11(18)17-13(3-4-13)12-9(15)6-8(14)7-10(12)16/h6-7H,2-5H2,1H3,(H,17,18). The molecule has 0 heterocycles. The van der Waals surface area contributed by atoms with Crippen molar-refractivity contribution in [2.75, 3.05) is 13.7 Å². The molecule has 1 aromatic rings. The molecule has 6 heteroatoms. The highest BCUT2D eigenvalue weighted by Crippen LogP contribution is 2.47. The summed E-state index contributed by atoms with van der Waals surface area (Å²) in [5.41, 5.74) is -1.30. The average Bonchev–Trinajstić information content (AvgIpc) is 3.05. The van der Waals surface area contributed by atoms with Crippen LogP contribution >= 0.6 is 0 Å². The Hall–Kier alpha value is -1.56. The van der Waals surface area contributed by atoms with Crippen LogP contribution in [0.4, 0.5) is 13.2 Å². The van der Waals surface area contributed by atoms with Crippen molar-refractivity contribution in [3.8, 4) is 0 Å². The highest BCUT2D eigenvalue weighted by molar-refractivity contribution is 5.77. The molecule has 19 heavy (non-hydrogen) atoms. The van der Waals surface area contributed by atoms with Gasteiger partial charge in [0, 0.05) is 31.2 Å². The first kappa shape index (κ1) is 13.9. The van der Waals surface area contributed by atoms with E-state index >= 15 is 0 Å². The molecule has 1 aliphatic carbocycles. The van der Waals surface area contributed by atoms with Crippen LogP contribution in [-0.2, 0) is 15.1 Å². The van der Waals surface area contributed by atoms with Crippen molar-refractivity contribution in [3.05, 3.63) is 35.1 Å². The molecule has 0 saturated heterocycles. The minimum absolute atomic E-state index is 0.114. The molecule has 0 spiro atoms. The summed E-state index contributed by atoms with van der Waals surface area (Å²) >= 11 is 0. The molecule has 0 aromatic heterocycles. The number of rotatable bonds is 5. The van der Waals surface area contributed by atoms with E-state index in [-0.39, 0.29) is 24.5 Å². The number of ether oxygens (including phenoxy) is 1. The van der Waals surface area contributed by atoms with Crippen molar-refractivity contribution < 1.29 is 22.7 Å². The van der Waals surface area contributed by atoms with Crippen molar-refractivity contribution in [2.24, 2.45) is 0 Å². The van der Waals surface area contributed by atoms with Crippen LogP contribution in [0.25, 0.3) is 0 Å². The minimum Gasteiger partial charge on any atom is -0.384 e. The zero-order chi connectivity index (χ0) is 14.0. The monoisotopic (exact) mass is 273 g/mol. The summed E-state index contributed by atoms with van der Waals surface area (Å²) in [5.74, 6) is -3.26. The maximum absolute atomic E-state index is 13.7. The molecule has 1 fully saturated rings. The molecule has 0 radical (unpaired) electrons. The van der Waals surface area contributed by atoms with Crippen LogP contribution in [0.3, 0.4) is 0 Å². The van der Waals surface area contributed by atoms with E-state index in [1.807, 2.05) is 0 Å². The van der Waals surface area contributed by atoms with Gasteiger partial charge in [-0.2, -0.15) is 0 Å². The van der Waals surface area contributed by atoms with Gasteiger partial charge in [0.15, 0.2) is 0 Å². The summed E-state index contributed by atoms with van der Waals surface area (Å²) in [6, 6.07) is 1.25. The number of methoxy groups -OCH3 is 1. The lowest BCUT2D eigenvalue weighted by Gasteiger charge is -2.19. The number of amides is 1. The number of hydrogen-bond donors (Lipinski definition) is 1. The SMILES string of the molecule is COCCC(=O)NC1(c2c(F)cc(F)cc2F)CC1. The summed E-state index contributed by atoms with van der Waals surface area (Å²) < 4.78 is 45.0. The molecular weight excluding hydrogens is 259 g/mol. The fraction of sp³-hybridized carbons (Fsp3) is 0.462. The summed E-state index contributed by atoms with van der Waals surface area (Å²) in [7, 11) is 1.46. The van der Waals surface area contributed by atoms with Gasteiger partial charge in [0.1, 0.15) is 17.5 Å². The summed E-state index contributed by atoms with van der Waals surface area (Å²) in [4.78, 5) is 11.6. The van der Waals surface area contributed by atoms with Gasteiger partial charge in [-0.25, -0.2) is 13.2 Å². The van der Waals surface area contributed by atoms with E-state index in [1.165, 1.54) is 7.11 Å². The topological polar surface area (TPSA) is 38.3 Å². The molecule has 0 bridgehead atoms. The van der Waals surface area contributed by atoms with Crippen LogP contribution in [0.15, 0.2) is 12.1 Å². The Morgan fingerprint density at radius 1 is 1.32 bits per heavy atom. The lowest BCUT2D eigenvalue weighted by molar-refractivity contribution is -0.123. The third-order valence-corrected chi connectivity index (χ3v) is 3.15. The summed E-state index contributed by atoms with van der Waals surface area (Å²) in [5, 5.41) is 2.60. The van der Waals surface area contributed by atoms with Crippen molar-refractivity contribution in [1.29, 1.82) is 0 Å². The first-order valence-corrected chi connectivity index (χ1v) is 5.93. The van der Waals surface area contributed by atoms with E-state index < -0.39 is 23.0 Å². The van der Waals surface area contributed by atoms with Crippen molar-refractivity contribution in [3.63, 3.8) is 0 Å². The zero-order valence-corrected chi connectivity index (χ0v) is 10.4. The molecule has 1 aliphatic rings. The first-order chi connectivity index (χ1) is 8.98. The molecule has 1 amide bonds. The van der Waals surface area contributed by atoms with E-state index in [1.54, 1.807) is 0 Å². The number of carbonyl (C=O) groups is 1. The number of carbonyl (C=O) groups excluding carboxylic acids is 1. The van der Waals surface area contributed by atoms with Crippen LogP contribution in [0, 0.1) is 17.5 Å². The Labute approximate surface area is 108 Å². The highest BCUT2D eigenvalue weighted by Gasteiger charge is 2.49. The molecule has 0 aliphatic heterocycles. The van der Waals surface area contributed by atoms with E-state index in [9.17, 15) is 18.0 Å². The normalized spacial score (nSPS) is 16.2. The molecule has 2 rings (SSSR count). The third-order valence-electron chi connectivity index (χ3n) is 3.15. The minimum atomic E-state index is -1.04. The van der Waals surface area contributed by atoms with Gasteiger partial charge in [0.05, 0.1) is 12.1 Å². The molecule has 0 unspecified atom stereocenters. The van der Waals surface area contributed by atoms with Gasteiger partial charge in [-0.05, 0) is 12.8 Å². The van der Waals surface area contributed by atoms with Gasteiger partial charge in [-0.15, -0.1) is 0 Å². The zero-order valence-electron chi connectivity index (χ0n) is 10.4. The van der Waals surface area contributed by atoms with E-state index in [0.29, 0.717) is 25.0 Å². The maximum atomic E-state index is 13.7. The number of hydrogen-bond acceptors (Lipinski definition) is 2. The van der Waals surface area contributed by atoms with Gasteiger partial charge >= 0.3 is 0 Å². The largest absolute Gasteiger partial charge is 0.384 e. The predicted molar refractivity (Wildman–Crippen MR) is 61.9 cm³/mol. The molecule has 1 aromatic carbocycles. The number of halogens is 3. The summed E-state index contributed by atoms with van der Waals surface area (Å²) in [6.45, 7) is 0.232. The highest BCUT2D eigenvalue weighted by atomic mass is 19.1. The Kier molecular flexibility index (Phi) is 3.80. The quantitative estimate of drug-likeness (QED) is 0.893. The predicted octanol–water partition coefficient (Wildman–Crippen LogP) is 2.25. The van der Waals surface area contributed by atoms with Crippen molar-refractivity contribution in [1.82, 2.24) is 5.32 Å². The van der Waals surface area contributed by atoms with Crippen molar-refractivity contribution in [2.45, 2.75) is 24.8 Å². The number of nitrogens with one attached hydrogen (secondary N) is 1. The molecular formula is C13H14F3NO2. The van der Waals surface area contributed by atoms with Crippen LogP contribution in [0.5, 0.6) is 0 Å². The Balaban J connectivity index is 2.19. The van der Waals surface area contributed by atoms with Gasteiger partial charge in [-0.3, -0.25) is 4.79 Å². The Morgan fingerprint density at radius 2 is 1.89 bits per heavy atom. The van der Waals surface area contributed by atoms with E-state index in [4.69, 9.17) is 4.74 Å². The molecule has 0 atom stereocenters. The summed E-state index contributed by atoms with van der Waals surface area (Å²) in [6.07, 6.45) is 0.985. The number of benzene rings is 1. The van der Waals surface area contributed by atoms with Crippen molar-refractivity contribution >= 4 is 5.91 Å². The van der Waals surface area contributed by atoms with Gasteiger partial charge in [0.25, 0.3) is 0 Å². The molecule has 1 N–H and O–H groups in total.